The van der Waals surface area contributed by atoms with Gasteiger partial charge in [-0.1, -0.05) is 11.6 Å². The maximum atomic E-state index is 12.7. The van der Waals surface area contributed by atoms with Crippen LogP contribution in [0.15, 0.2) is 12.1 Å². The Bertz CT molecular complexity index is 401. The van der Waals surface area contributed by atoms with E-state index in [-0.39, 0.29) is 16.1 Å². The molecule has 0 bridgehead atoms. The van der Waals surface area contributed by atoms with Gasteiger partial charge in [0.05, 0.1) is 16.1 Å². The molecule has 1 aromatic rings. The van der Waals surface area contributed by atoms with Crippen LogP contribution in [0.1, 0.15) is 11.1 Å². The lowest BCUT2D eigenvalue weighted by Crippen LogP contribution is -1.88. The zero-order valence-electron chi connectivity index (χ0n) is 5.81. The zero-order chi connectivity index (χ0) is 9.14. The van der Waals surface area contributed by atoms with Crippen molar-refractivity contribution in [2.24, 2.45) is 0 Å². The molecule has 58 valence electrons. The lowest BCUT2D eigenvalue weighted by molar-refractivity contribution is 0.627. The number of nitrogens with zero attached hydrogens (tertiary/aromatic N) is 2. The maximum absolute atomic E-state index is 12.7. The third kappa shape index (κ3) is 1.23. The number of hydrogen-bond donors (Lipinski definition) is 0. The monoisotopic (exact) mass is 180 g/mol. The molecule has 1 rings (SSSR count). The highest BCUT2D eigenvalue weighted by Gasteiger charge is 2.10. The molecule has 0 aliphatic heterocycles. The van der Waals surface area contributed by atoms with Crippen LogP contribution in [0.4, 0.5) is 4.39 Å². The molecule has 0 spiro atoms. The minimum atomic E-state index is -0.688. The summed E-state index contributed by atoms with van der Waals surface area (Å²) in [6, 6.07) is 5.68. The Kier molecular flexibility index (Phi) is 2.28. The minimum Gasteiger partial charge on any atom is -0.205 e. The average Bonchev–Trinajstić information content (AvgIpc) is 2.09. The lowest BCUT2D eigenvalue weighted by Gasteiger charge is -1.97. The summed E-state index contributed by atoms with van der Waals surface area (Å²) in [4.78, 5) is 0. The van der Waals surface area contributed by atoms with Crippen LogP contribution in [-0.2, 0) is 0 Å². The van der Waals surface area contributed by atoms with E-state index in [0.717, 1.165) is 6.07 Å². The largest absolute Gasteiger partial charge is 0.205 e. The van der Waals surface area contributed by atoms with Gasteiger partial charge in [-0.05, 0) is 12.1 Å². The second-order valence-electron chi connectivity index (χ2n) is 2.01. The van der Waals surface area contributed by atoms with Gasteiger partial charge < -0.3 is 0 Å². The first kappa shape index (κ1) is 8.52. The standard InChI is InChI=1S/C8H2ClFN2/c9-8-6(4-12)5(3-11)1-2-7(8)10/h1-2H. The fraction of sp³-hybridized carbons (Fsp3) is 0. The van der Waals surface area contributed by atoms with E-state index in [0.29, 0.717) is 0 Å². The Labute approximate surface area is 73.4 Å². The van der Waals surface area contributed by atoms with E-state index in [9.17, 15) is 4.39 Å². The Hall–Kier alpha value is -1.58. The Balaban J connectivity index is 3.52. The third-order valence-corrected chi connectivity index (χ3v) is 1.70. The summed E-state index contributed by atoms with van der Waals surface area (Å²) in [7, 11) is 0. The van der Waals surface area contributed by atoms with E-state index in [1.807, 2.05) is 0 Å². The average molecular weight is 181 g/mol. The van der Waals surface area contributed by atoms with Crippen LogP contribution in [0, 0.1) is 28.5 Å². The summed E-state index contributed by atoms with van der Waals surface area (Å²) in [6.07, 6.45) is 0. The van der Waals surface area contributed by atoms with E-state index >= 15 is 0 Å². The van der Waals surface area contributed by atoms with Gasteiger partial charge in [0.2, 0.25) is 0 Å². The van der Waals surface area contributed by atoms with Crippen molar-refractivity contribution >= 4 is 11.6 Å². The summed E-state index contributed by atoms with van der Waals surface area (Å²) in [5, 5.41) is 16.7. The van der Waals surface area contributed by atoms with Crippen molar-refractivity contribution < 1.29 is 4.39 Å². The molecular formula is C8H2ClFN2. The molecule has 1 aromatic carbocycles. The summed E-state index contributed by atoms with van der Waals surface area (Å²) in [5.74, 6) is -0.688. The first-order valence-corrected chi connectivity index (χ1v) is 3.36. The number of halogens is 2. The first-order chi connectivity index (χ1) is 5.70. The number of benzene rings is 1. The zero-order valence-corrected chi connectivity index (χ0v) is 6.56. The van der Waals surface area contributed by atoms with Crippen LogP contribution in [0.2, 0.25) is 5.02 Å². The van der Waals surface area contributed by atoms with Gasteiger partial charge in [0.15, 0.2) is 0 Å². The normalized spacial score (nSPS) is 8.67. The van der Waals surface area contributed by atoms with Crippen LogP contribution in [-0.4, -0.2) is 0 Å². The fourth-order valence-corrected chi connectivity index (χ4v) is 0.960. The molecule has 0 radical (unpaired) electrons. The van der Waals surface area contributed by atoms with Gasteiger partial charge in [-0.2, -0.15) is 10.5 Å². The Morgan fingerprint density at radius 1 is 1.25 bits per heavy atom. The molecule has 0 aromatic heterocycles. The molecule has 0 saturated heterocycles. The molecule has 0 N–H and O–H groups in total. The highest BCUT2D eigenvalue weighted by atomic mass is 35.5. The van der Waals surface area contributed by atoms with Crippen molar-refractivity contribution in [2.75, 3.05) is 0 Å². The van der Waals surface area contributed by atoms with Gasteiger partial charge in [0.25, 0.3) is 0 Å². The van der Waals surface area contributed by atoms with Crippen LogP contribution >= 0.6 is 11.6 Å². The van der Waals surface area contributed by atoms with Crippen molar-refractivity contribution in [3.8, 4) is 12.1 Å². The molecule has 0 amide bonds. The first-order valence-electron chi connectivity index (χ1n) is 2.99. The molecule has 0 aliphatic rings. The van der Waals surface area contributed by atoms with E-state index in [4.69, 9.17) is 22.1 Å². The molecule has 0 fully saturated rings. The molecular weight excluding hydrogens is 179 g/mol. The van der Waals surface area contributed by atoms with Gasteiger partial charge in [0.1, 0.15) is 18.0 Å². The fourth-order valence-electron chi connectivity index (χ4n) is 0.753. The molecule has 0 saturated carbocycles. The summed E-state index contributed by atoms with van der Waals surface area (Å²) < 4.78 is 12.7. The van der Waals surface area contributed by atoms with Gasteiger partial charge >= 0.3 is 0 Å². The molecule has 2 nitrogen and oxygen atoms in total. The van der Waals surface area contributed by atoms with E-state index in [1.165, 1.54) is 6.07 Å². The van der Waals surface area contributed by atoms with E-state index < -0.39 is 5.82 Å². The molecule has 0 aliphatic carbocycles. The van der Waals surface area contributed by atoms with Gasteiger partial charge in [0, 0.05) is 0 Å². The molecule has 0 heterocycles. The van der Waals surface area contributed by atoms with Gasteiger partial charge in [-0.3, -0.25) is 0 Å². The van der Waals surface area contributed by atoms with Crippen molar-refractivity contribution in [1.29, 1.82) is 10.5 Å². The molecule has 0 atom stereocenters. The van der Waals surface area contributed by atoms with Crippen molar-refractivity contribution in [2.45, 2.75) is 0 Å². The second-order valence-corrected chi connectivity index (χ2v) is 2.39. The van der Waals surface area contributed by atoms with Crippen LogP contribution in [0.5, 0.6) is 0 Å². The number of nitriles is 2. The predicted molar refractivity (Wildman–Crippen MR) is 40.8 cm³/mol. The molecule has 4 heteroatoms. The summed E-state index contributed by atoms with van der Waals surface area (Å²) >= 11 is 5.43. The quantitative estimate of drug-likeness (QED) is 0.615. The molecule has 12 heavy (non-hydrogen) atoms. The Morgan fingerprint density at radius 2 is 1.92 bits per heavy atom. The highest BCUT2D eigenvalue weighted by Crippen LogP contribution is 2.21. The van der Waals surface area contributed by atoms with Gasteiger partial charge in [-0.25, -0.2) is 4.39 Å². The van der Waals surface area contributed by atoms with E-state index in [2.05, 4.69) is 0 Å². The van der Waals surface area contributed by atoms with Crippen LogP contribution < -0.4 is 0 Å². The van der Waals surface area contributed by atoms with Crippen molar-refractivity contribution in [1.82, 2.24) is 0 Å². The topological polar surface area (TPSA) is 47.6 Å². The minimum absolute atomic E-state index is 0.0869. The SMILES string of the molecule is N#Cc1ccc(F)c(Cl)c1C#N. The van der Waals surface area contributed by atoms with Crippen LogP contribution in [0.3, 0.4) is 0 Å². The Morgan fingerprint density at radius 3 is 2.42 bits per heavy atom. The van der Waals surface area contributed by atoms with Crippen molar-refractivity contribution in [3.05, 3.63) is 34.1 Å². The maximum Gasteiger partial charge on any atom is 0.143 e. The number of rotatable bonds is 0. The van der Waals surface area contributed by atoms with Gasteiger partial charge in [-0.15, -0.1) is 0 Å². The predicted octanol–water partition coefficient (Wildman–Crippen LogP) is 2.22. The third-order valence-electron chi connectivity index (χ3n) is 1.33. The van der Waals surface area contributed by atoms with E-state index in [1.54, 1.807) is 12.1 Å². The lowest BCUT2D eigenvalue weighted by atomic mass is 10.1. The van der Waals surface area contributed by atoms with Crippen LogP contribution in [0.25, 0.3) is 0 Å². The highest BCUT2D eigenvalue weighted by molar-refractivity contribution is 6.32. The van der Waals surface area contributed by atoms with Crippen molar-refractivity contribution in [3.63, 3.8) is 0 Å². The molecule has 0 unspecified atom stereocenters. The second kappa shape index (κ2) is 3.21. The summed E-state index contributed by atoms with van der Waals surface area (Å²) in [6.45, 7) is 0. The summed E-state index contributed by atoms with van der Waals surface area (Å²) in [5.41, 5.74) is -0.0249. The smallest absolute Gasteiger partial charge is 0.143 e. The number of hydrogen-bond acceptors (Lipinski definition) is 2.